The second kappa shape index (κ2) is 9.62. The van der Waals surface area contributed by atoms with Crippen molar-refractivity contribution in [2.24, 2.45) is 0 Å². The normalized spacial score (nSPS) is 14.2. The summed E-state index contributed by atoms with van der Waals surface area (Å²) in [5.41, 5.74) is 4.40. The molecule has 3 aromatic rings. The summed E-state index contributed by atoms with van der Waals surface area (Å²) in [5, 5.41) is 32.3. The van der Waals surface area contributed by atoms with Crippen LogP contribution in [0.3, 0.4) is 0 Å². The number of carbonyl (C=O) groups is 2. The minimum atomic E-state index is -1.45. The largest absolute Gasteiger partial charge is 0.478 e. The number of nitrogens with one attached hydrogen (secondary N) is 1. The van der Waals surface area contributed by atoms with Gasteiger partial charge in [-0.2, -0.15) is 0 Å². The predicted molar refractivity (Wildman–Crippen MR) is 122 cm³/mol. The minimum absolute atomic E-state index is 0.0976. The van der Waals surface area contributed by atoms with Crippen LogP contribution in [0.25, 0.3) is 11.1 Å². The highest BCUT2D eigenvalue weighted by Crippen LogP contribution is 2.44. The van der Waals surface area contributed by atoms with Gasteiger partial charge in [-0.15, -0.1) is 0 Å². The van der Waals surface area contributed by atoms with Crippen LogP contribution in [0, 0.1) is 0 Å². The highest BCUT2D eigenvalue weighted by molar-refractivity contribution is 6.31. The second-order valence-corrected chi connectivity index (χ2v) is 8.23. The number of hydrogen-bond donors (Lipinski definition) is 4. The van der Waals surface area contributed by atoms with Crippen LogP contribution in [-0.2, 0) is 4.74 Å². The lowest BCUT2D eigenvalue weighted by Gasteiger charge is -2.20. The Morgan fingerprint density at radius 3 is 2.18 bits per heavy atom. The van der Waals surface area contributed by atoms with Crippen LogP contribution in [0.2, 0.25) is 5.02 Å². The highest BCUT2D eigenvalue weighted by atomic mass is 35.5. The molecule has 0 aliphatic heterocycles. The van der Waals surface area contributed by atoms with Crippen molar-refractivity contribution in [2.45, 2.75) is 18.1 Å². The van der Waals surface area contributed by atoms with Crippen LogP contribution >= 0.6 is 11.6 Å². The van der Waals surface area contributed by atoms with Crippen molar-refractivity contribution in [3.63, 3.8) is 0 Å². The summed E-state index contributed by atoms with van der Waals surface area (Å²) in [5.74, 6) is -1.31. The van der Waals surface area contributed by atoms with E-state index in [0.717, 1.165) is 22.3 Å². The fraction of sp³-hybridized carbons (Fsp3) is 0.200. The quantitative estimate of drug-likeness (QED) is 0.418. The molecule has 0 heterocycles. The summed E-state index contributed by atoms with van der Waals surface area (Å²) >= 11 is 5.90. The Kier molecular flexibility index (Phi) is 6.65. The van der Waals surface area contributed by atoms with E-state index in [-0.39, 0.29) is 35.2 Å². The van der Waals surface area contributed by atoms with E-state index in [1.807, 2.05) is 48.5 Å². The van der Waals surface area contributed by atoms with Gasteiger partial charge < -0.3 is 25.4 Å². The fourth-order valence-corrected chi connectivity index (χ4v) is 4.32. The Balaban J connectivity index is 1.35. The molecule has 0 aromatic heterocycles. The topological polar surface area (TPSA) is 116 Å². The van der Waals surface area contributed by atoms with Crippen molar-refractivity contribution in [1.82, 2.24) is 5.32 Å². The van der Waals surface area contributed by atoms with Crippen molar-refractivity contribution in [3.8, 4) is 11.1 Å². The third-order valence-corrected chi connectivity index (χ3v) is 5.89. The number of carboxylic acid groups (broad SMARTS) is 1. The molecule has 0 fully saturated rings. The molecule has 1 aliphatic carbocycles. The average molecular weight is 468 g/mol. The number of ether oxygens (including phenoxy) is 1. The summed E-state index contributed by atoms with van der Waals surface area (Å²) in [6, 6.07) is 19.7. The lowest BCUT2D eigenvalue weighted by atomic mass is 9.98. The molecular formula is C25H22ClNO6. The number of aromatic carboxylic acids is 1. The van der Waals surface area contributed by atoms with Crippen molar-refractivity contribution in [2.75, 3.05) is 13.2 Å². The zero-order valence-electron chi connectivity index (χ0n) is 17.4. The maximum atomic E-state index is 12.3. The van der Waals surface area contributed by atoms with Crippen LogP contribution in [0.15, 0.2) is 66.7 Å². The SMILES string of the molecule is O=C(NCC(O)C(O)c1cc(Cl)cc(C(=O)O)c1)OCC1c2ccccc2-c2ccccc21. The molecule has 0 radical (unpaired) electrons. The fourth-order valence-electron chi connectivity index (χ4n) is 4.08. The molecule has 33 heavy (non-hydrogen) atoms. The van der Waals surface area contributed by atoms with Crippen molar-refractivity contribution in [3.05, 3.63) is 94.0 Å². The Labute approximate surface area is 195 Å². The third kappa shape index (κ3) is 4.85. The molecule has 1 aliphatic rings. The number of hydrogen-bond acceptors (Lipinski definition) is 5. The lowest BCUT2D eigenvalue weighted by molar-refractivity contribution is 0.0185. The molecule has 4 rings (SSSR count). The van der Waals surface area contributed by atoms with Gasteiger partial charge in [0.25, 0.3) is 0 Å². The Bertz CT molecular complexity index is 1150. The van der Waals surface area contributed by atoms with Gasteiger partial charge in [0, 0.05) is 17.5 Å². The number of carboxylic acids is 1. The average Bonchev–Trinajstić information content (AvgIpc) is 3.14. The lowest BCUT2D eigenvalue weighted by Crippen LogP contribution is -2.36. The smallest absolute Gasteiger partial charge is 0.407 e. The van der Waals surface area contributed by atoms with Gasteiger partial charge >= 0.3 is 12.1 Å². The Hall–Kier alpha value is -3.39. The van der Waals surface area contributed by atoms with Crippen LogP contribution in [0.1, 0.15) is 39.1 Å². The van der Waals surface area contributed by atoms with E-state index in [4.69, 9.17) is 21.4 Å². The number of benzene rings is 3. The first-order valence-corrected chi connectivity index (χ1v) is 10.7. The molecule has 2 unspecified atom stereocenters. The number of fused-ring (bicyclic) bond motifs is 3. The van der Waals surface area contributed by atoms with Gasteiger partial charge in [-0.3, -0.25) is 0 Å². The first-order chi connectivity index (χ1) is 15.8. The van der Waals surface area contributed by atoms with Crippen LogP contribution in [-0.4, -0.2) is 46.6 Å². The van der Waals surface area contributed by atoms with E-state index < -0.39 is 24.3 Å². The first kappa shape index (κ1) is 22.8. The minimum Gasteiger partial charge on any atom is -0.478 e. The molecule has 0 saturated carbocycles. The van der Waals surface area contributed by atoms with Gasteiger partial charge in [0.1, 0.15) is 18.8 Å². The molecule has 1 amide bonds. The number of carbonyl (C=O) groups excluding carboxylic acids is 1. The number of halogens is 1. The molecule has 7 nitrogen and oxygen atoms in total. The summed E-state index contributed by atoms with van der Waals surface area (Å²) in [6.45, 7) is -0.179. The zero-order valence-corrected chi connectivity index (χ0v) is 18.2. The van der Waals surface area contributed by atoms with E-state index in [2.05, 4.69) is 5.32 Å². The maximum Gasteiger partial charge on any atom is 0.407 e. The molecular weight excluding hydrogens is 446 g/mol. The molecule has 4 N–H and O–H groups in total. The van der Waals surface area contributed by atoms with E-state index in [1.54, 1.807) is 0 Å². The van der Waals surface area contributed by atoms with E-state index in [0.29, 0.717) is 0 Å². The number of aliphatic hydroxyl groups excluding tert-OH is 2. The summed E-state index contributed by atoms with van der Waals surface area (Å²) in [7, 11) is 0. The molecule has 0 saturated heterocycles. The number of amides is 1. The predicted octanol–water partition coefficient (Wildman–Crippen LogP) is 3.97. The zero-order chi connectivity index (χ0) is 23.5. The van der Waals surface area contributed by atoms with Crippen molar-refractivity contribution < 1.29 is 29.6 Å². The molecule has 170 valence electrons. The number of rotatable bonds is 7. The molecule has 0 bridgehead atoms. The Morgan fingerprint density at radius 2 is 1.58 bits per heavy atom. The second-order valence-electron chi connectivity index (χ2n) is 7.80. The van der Waals surface area contributed by atoms with Gasteiger partial charge in [-0.05, 0) is 46.0 Å². The monoisotopic (exact) mass is 467 g/mol. The van der Waals surface area contributed by atoms with Crippen molar-refractivity contribution in [1.29, 1.82) is 0 Å². The standard InChI is InChI=1S/C25H22ClNO6/c26-16-10-14(9-15(11-16)24(30)31)23(29)22(28)12-27-25(32)33-13-21-19-7-3-1-5-17(19)18-6-2-4-8-20(18)21/h1-11,21-23,28-29H,12-13H2,(H,27,32)(H,30,31). The first-order valence-electron chi connectivity index (χ1n) is 10.3. The van der Waals surface area contributed by atoms with E-state index >= 15 is 0 Å². The molecule has 2 atom stereocenters. The summed E-state index contributed by atoms with van der Waals surface area (Å²) in [6.07, 6.45) is -3.58. The number of alkyl carbamates (subject to hydrolysis) is 1. The molecule has 8 heteroatoms. The summed E-state index contributed by atoms with van der Waals surface area (Å²) < 4.78 is 5.40. The van der Waals surface area contributed by atoms with Crippen LogP contribution in [0.5, 0.6) is 0 Å². The van der Waals surface area contributed by atoms with Gasteiger partial charge in [0.15, 0.2) is 0 Å². The van der Waals surface area contributed by atoms with Gasteiger partial charge in [0.2, 0.25) is 0 Å². The van der Waals surface area contributed by atoms with Crippen molar-refractivity contribution >= 4 is 23.7 Å². The Morgan fingerprint density at radius 1 is 0.970 bits per heavy atom. The van der Waals surface area contributed by atoms with Gasteiger partial charge in [-0.25, -0.2) is 9.59 Å². The van der Waals surface area contributed by atoms with Crippen LogP contribution in [0.4, 0.5) is 4.79 Å². The molecule has 3 aromatic carbocycles. The van der Waals surface area contributed by atoms with Gasteiger partial charge in [0.05, 0.1) is 5.56 Å². The van der Waals surface area contributed by atoms with E-state index in [1.165, 1.54) is 18.2 Å². The van der Waals surface area contributed by atoms with E-state index in [9.17, 15) is 19.8 Å². The highest BCUT2D eigenvalue weighted by Gasteiger charge is 2.29. The maximum absolute atomic E-state index is 12.3. The van der Waals surface area contributed by atoms with Crippen LogP contribution < -0.4 is 5.32 Å². The number of aliphatic hydroxyl groups is 2. The van der Waals surface area contributed by atoms with Gasteiger partial charge in [-0.1, -0.05) is 60.1 Å². The summed E-state index contributed by atoms with van der Waals surface area (Å²) in [4.78, 5) is 23.4. The molecule has 0 spiro atoms. The third-order valence-electron chi connectivity index (χ3n) is 5.67.